The zero-order chi connectivity index (χ0) is 11.1. The Hall–Kier alpha value is -0.120. The highest BCUT2D eigenvalue weighted by atomic mass is 16.3. The lowest BCUT2D eigenvalue weighted by Crippen LogP contribution is -2.44. The summed E-state index contributed by atoms with van der Waals surface area (Å²) in [6.45, 7) is 7.92. The van der Waals surface area contributed by atoms with E-state index in [1.165, 1.54) is 25.8 Å². The topological polar surface area (TPSA) is 44.3 Å². The molecule has 0 aromatic carbocycles. The summed E-state index contributed by atoms with van der Waals surface area (Å²) < 4.78 is 0. The molecule has 3 nitrogen and oxygen atoms in total. The number of nitrogens with one attached hydrogen (secondary N) is 2. The van der Waals surface area contributed by atoms with Crippen LogP contribution in [0.2, 0.25) is 0 Å². The normalized spacial score (nSPS) is 23.0. The minimum atomic E-state index is 0.212. The summed E-state index contributed by atoms with van der Waals surface area (Å²) in [5, 5.41) is 15.9. The predicted molar refractivity (Wildman–Crippen MR) is 64.0 cm³/mol. The second-order valence-electron chi connectivity index (χ2n) is 5.42. The summed E-state index contributed by atoms with van der Waals surface area (Å²) in [6, 6.07) is 0.656. The van der Waals surface area contributed by atoms with Crippen LogP contribution in [-0.2, 0) is 0 Å². The Morgan fingerprint density at radius 1 is 1.40 bits per heavy atom. The van der Waals surface area contributed by atoms with Gasteiger partial charge in [0.2, 0.25) is 0 Å². The first-order valence-corrected chi connectivity index (χ1v) is 6.19. The van der Waals surface area contributed by atoms with Gasteiger partial charge in [-0.05, 0) is 31.2 Å². The van der Waals surface area contributed by atoms with E-state index in [1.807, 2.05) is 0 Å². The number of hydrogen-bond donors (Lipinski definition) is 3. The van der Waals surface area contributed by atoms with Crippen LogP contribution in [0, 0.1) is 5.41 Å². The maximum atomic E-state index is 8.91. The third-order valence-corrected chi connectivity index (χ3v) is 3.20. The van der Waals surface area contributed by atoms with Crippen molar-refractivity contribution in [3.8, 4) is 0 Å². The molecule has 1 unspecified atom stereocenters. The van der Waals surface area contributed by atoms with Crippen LogP contribution in [0.3, 0.4) is 0 Å². The average molecular weight is 214 g/mol. The van der Waals surface area contributed by atoms with Gasteiger partial charge in [0.05, 0.1) is 0 Å². The summed E-state index contributed by atoms with van der Waals surface area (Å²) in [5.41, 5.74) is 0.212. The van der Waals surface area contributed by atoms with E-state index in [-0.39, 0.29) is 12.0 Å². The van der Waals surface area contributed by atoms with Crippen molar-refractivity contribution in [1.82, 2.24) is 10.6 Å². The molecule has 3 heteroatoms. The lowest BCUT2D eigenvalue weighted by atomic mass is 9.89. The Labute approximate surface area is 93.6 Å². The standard InChI is InChI=1S/C12H26N2O/c1-12(2,6-8-15)10-13-9-11-5-3-4-7-14-11/h11,13-15H,3-10H2,1-2H3. The minimum Gasteiger partial charge on any atom is -0.396 e. The Morgan fingerprint density at radius 2 is 2.20 bits per heavy atom. The molecule has 1 rings (SSSR count). The predicted octanol–water partition coefficient (Wildman–Crippen LogP) is 1.13. The fourth-order valence-corrected chi connectivity index (χ4v) is 2.07. The molecule has 1 aliphatic rings. The zero-order valence-electron chi connectivity index (χ0n) is 10.2. The molecule has 0 aliphatic carbocycles. The molecule has 0 aromatic heterocycles. The maximum absolute atomic E-state index is 8.91. The summed E-state index contributed by atoms with van der Waals surface area (Å²) in [4.78, 5) is 0. The molecule has 90 valence electrons. The van der Waals surface area contributed by atoms with Gasteiger partial charge in [0.1, 0.15) is 0 Å². The van der Waals surface area contributed by atoms with E-state index in [9.17, 15) is 0 Å². The molecule has 0 bridgehead atoms. The van der Waals surface area contributed by atoms with Crippen LogP contribution in [0.25, 0.3) is 0 Å². The fourth-order valence-electron chi connectivity index (χ4n) is 2.07. The first kappa shape index (κ1) is 12.9. The monoisotopic (exact) mass is 214 g/mol. The lowest BCUT2D eigenvalue weighted by Gasteiger charge is -2.28. The minimum absolute atomic E-state index is 0.212. The molecule has 15 heavy (non-hydrogen) atoms. The molecule has 0 radical (unpaired) electrons. The number of piperidine rings is 1. The number of hydrogen-bond acceptors (Lipinski definition) is 3. The Kier molecular flexibility index (Phi) is 5.58. The highest BCUT2D eigenvalue weighted by Gasteiger charge is 2.18. The van der Waals surface area contributed by atoms with E-state index < -0.39 is 0 Å². The second kappa shape index (κ2) is 6.46. The number of aliphatic hydroxyl groups excluding tert-OH is 1. The molecule has 1 saturated heterocycles. The molecule has 0 saturated carbocycles. The van der Waals surface area contributed by atoms with Crippen LogP contribution in [-0.4, -0.2) is 37.4 Å². The molecule has 0 amide bonds. The number of aliphatic hydroxyl groups is 1. The van der Waals surface area contributed by atoms with Gasteiger partial charge in [0, 0.05) is 25.7 Å². The fraction of sp³-hybridized carbons (Fsp3) is 1.00. The maximum Gasteiger partial charge on any atom is 0.0436 e. The van der Waals surface area contributed by atoms with E-state index in [4.69, 9.17) is 5.11 Å². The molecule has 1 fully saturated rings. The van der Waals surface area contributed by atoms with Gasteiger partial charge in [-0.15, -0.1) is 0 Å². The highest BCUT2D eigenvalue weighted by Crippen LogP contribution is 2.18. The van der Waals surface area contributed by atoms with E-state index >= 15 is 0 Å². The summed E-state index contributed by atoms with van der Waals surface area (Å²) in [6.07, 6.45) is 4.86. The van der Waals surface area contributed by atoms with Crippen LogP contribution >= 0.6 is 0 Å². The first-order chi connectivity index (χ1) is 7.14. The van der Waals surface area contributed by atoms with Gasteiger partial charge in [-0.1, -0.05) is 20.3 Å². The van der Waals surface area contributed by atoms with Crippen molar-refractivity contribution < 1.29 is 5.11 Å². The van der Waals surface area contributed by atoms with Gasteiger partial charge in [0.15, 0.2) is 0 Å². The Morgan fingerprint density at radius 3 is 2.80 bits per heavy atom. The van der Waals surface area contributed by atoms with Crippen molar-refractivity contribution in [2.24, 2.45) is 5.41 Å². The SMILES string of the molecule is CC(C)(CCO)CNCC1CCCCN1. The molecule has 0 aromatic rings. The van der Waals surface area contributed by atoms with Gasteiger partial charge in [-0.3, -0.25) is 0 Å². The van der Waals surface area contributed by atoms with Crippen LogP contribution in [0.5, 0.6) is 0 Å². The van der Waals surface area contributed by atoms with Crippen molar-refractivity contribution in [3.63, 3.8) is 0 Å². The van der Waals surface area contributed by atoms with E-state index in [2.05, 4.69) is 24.5 Å². The second-order valence-corrected chi connectivity index (χ2v) is 5.42. The van der Waals surface area contributed by atoms with Crippen molar-refractivity contribution in [3.05, 3.63) is 0 Å². The third kappa shape index (κ3) is 5.50. The zero-order valence-corrected chi connectivity index (χ0v) is 10.2. The smallest absolute Gasteiger partial charge is 0.0436 e. The van der Waals surface area contributed by atoms with Crippen molar-refractivity contribution in [1.29, 1.82) is 0 Å². The Balaban J connectivity index is 2.09. The van der Waals surface area contributed by atoms with Gasteiger partial charge >= 0.3 is 0 Å². The summed E-state index contributed by atoms with van der Waals surface area (Å²) in [7, 11) is 0. The highest BCUT2D eigenvalue weighted by molar-refractivity contribution is 4.77. The molecule has 3 N–H and O–H groups in total. The lowest BCUT2D eigenvalue weighted by molar-refractivity contribution is 0.205. The molecule has 1 atom stereocenters. The quantitative estimate of drug-likeness (QED) is 0.621. The van der Waals surface area contributed by atoms with Crippen LogP contribution in [0.15, 0.2) is 0 Å². The van der Waals surface area contributed by atoms with Gasteiger partial charge in [-0.2, -0.15) is 0 Å². The van der Waals surface area contributed by atoms with Crippen LogP contribution in [0.1, 0.15) is 39.5 Å². The summed E-state index contributed by atoms with van der Waals surface area (Å²) >= 11 is 0. The van der Waals surface area contributed by atoms with Crippen molar-refractivity contribution >= 4 is 0 Å². The van der Waals surface area contributed by atoms with Gasteiger partial charge in [-0.25, -0.2) is 0 Å². The molecular weight excluding hydrogens is 188 g/mol. The van der Waals surface area contributed by atoms with Crippen molar-refractivity contribution in [2.45, 2.75) is 45.6 Å². The number of rotatable bonds is 6. The van der Waals surface area contributed by atoms with Crippen LogP contribution in [0.4, 0.5) is 0 Å². The van der Waals surface area contributed by atoms with Gasteiger partial charge in [0.25, 0.3) is 0 Å². The molecule has 1 aliphatic heterocycles. The van der Waals surface area contributed by atoms with E-state index in [0.717, 1.165) is 19.5 Å². The molecular formula is C12H26N2O. The molecule has 1 heterocycles. The average Bonchev–Trinajstić information content (AvgIpc) is 2.19. The van der Waals surface area contributed by atoms with Crippen molar-refractivity contribution in [2.75, 3.05) is 26.2 Å². The largest absolute Gasteiger partial charge is 0.396 e. The third-order valence-electron chi connectivity index (χ3n) is 3.20. The Bertz CT molecular complexity index is 165. The first-order valence-electron chi connectivity index (χ1n) is 6.19. The van der Waals surface area contributed by atoms with E-state index in [1.54, 1.807) is 0 Å². The van der Waals surface area contributed by atoms with E-state index in [0.29, 0.717) is 6.04 Å². The van der Waals surface area contributed by atoms with Gasteiger partial charge < -0.3 is 15.7 Å². The summed E-state index contributed by atoms with van der Waals surface area (Å²) in [5.74, 6) is 0. The molecule has 0 spiro atoms. The van der Waals surface area contributed by atoms with Crippen LogP contribution < -0.4 is 10.6 Å².